The average molecular weight is 266 g/mol. The summed E-state index contributed by atoms with van der Waals surface area (Å²) in [6.07, 6.45) is 1.94. The average Bonchev–Trinajstić information content (AvgIpc) is 2.40. The Kier molecular flexibility index (Phi) is 4.48. The zero-order chi connectivity index (χ0) is 13.0. The van der Waals surface area contributed by atoms with Gasteiger partial charge in [-0.2, -0.15) is 0 Å². The Morgan fingerprint density at radius 1 is 1.17 bits per heavy atom. The zero-order valence-electron chi connectivity index (χ0n) is 10.8. The van der Waals surface area contributed by atoms with Crippen molar-refractivity contribution in [1.29, 1.82) is 5.41 Å². The van der Waals surface area contributed by atoms with Gasteiger partial charge in [0.1, 0.15) is 0 Å². The molecule has 0 aliphatic carbocycles. The van der Waals surface area contributed by atoms with Crippen LogP contribution in [0.5, 0.6) is 0 Å². The minimum Gasteiger partial charge on any atom is -0.368 e. The summed E-state index contributed by atoms with van der Waals surface area (Å²) in [5.41, 5.74) is 1.22. The van der Waals surface area contributed by atoms with Crippen LogP contribution < -0.4 is 4.90 Å². The van der Waals surface area contributed by atoms with Gasteiger partial charge >= 0.3 is 0 Å². The summed E-state index contributed by atoms with van der Waals surface area (Å²) in [6, 6.07) is 8.00. The van der Waals surface area contributed by atoms with Gasteiger partial charge in [0.25, 0.3) is 0 Å². The molecule has 2 rings (SSSR count). The molecule has 3 nitrogen and oxygen atoms in total. The lowest BCUT2D eigenvalue weighted by Crippen LogP contribution is -2.48. The molecule has 1 aromatic carbocycles. The van der Waals surface area contributed by atoms with Crippen molar-refractivity contribution in [3.05, 3.63) is 29.3 Å². The third kappa shape index (κ3) is 3.16. The molecule has 4 heteroatoms. The van der Waals surface area contributed by atoms with Crippen molar-refractivity contribution in [2.75, 3.05) is 31.1 Å². The fraction of sp³-hybridized carbons (Fsp3) is 0.500. The summed E-state index contributed by atoms with van der Waals surface area (Å²) in [5, 5.41) is 8.75. The van der Waals surface area contributed by atoms with E-state index in [2.05, 4.69) is 28.9 Å². The van der Waals surface area contributed by atoms with E-state index in [1.807, 2.05) is 12.1 Å². The van der Waals surface area contributed by atoms with Crippen LogP contribution in [0.3, 0.4) is 0 Å². The number of benzene rings is 1. The molecular formula is C14H20ClN3. The first-order chi connectivity index (χ1) is 8.70. The van der Waals surface area contributed by atoms with E-state index >= 15 is 0 Å². The second kappa shape index (κ2) is 6.10. The second-order valence-electron chi connectivity index (χ2n) is 4.65. The SMILES string of the molecule is CCCC(=N)N1CCN(c2ccc(Cl)cc2)CC1. The molecule has 1 saturated heterocycles. The Bertz CT molecular complexity index is 394. The smallest absolute Gasteiger partial charge is 0.0958 e. The summed E-state index contributed by atoms with van der Waals surface area (Å²) in [5.74, 6) is 0.785. The maximum atomic E-state index is 7.97. The van der Waals surface area contributed by atoms with Gasteiger partial charge in [-0.25, -0.2) is 0 Å². The summed E-state index contributed by atoms with van der Waals surface area (Å²) in [6.45, 7) is 5.98. The van der Waals surface area contributed by atoms with Gasteiger partial charge in [0, 0.05) is 43.3 Å². The van der Waals surface area contributed by atoms with Gasteiger partial charge in [-0.3, -0.25) is 5.41 Å². The van der Waals surface area contributed by atoms with E-state index in [0.29, 0.717) is 0 Å². The highest BCUT2D eigenvalue weighted by molar-refractivity contribution is 6.30. The van der Waals surface area contributed by atoms with Crippen LogP contribution in [0, 0.1) is 5.41 Å². The molecule has 0 radical (unpaired) electrons. The Hall–Kier alpha value is -1.22. The Morgan fingerprint density at radius 2 is 1.78 bits per heavy atom. The minimum atomic E-state index is 0.780. The van der Waals surface area contributed by atoms with Gasteiger partial charge < -0.3 is 9.80 Å². The third-order valence-corrected chi connectivity index (χ3v) is 3.59. The third-order valence-electron chi connectivity index (χ3n) is 3.34. The predicted molar refractivity (Wildman–Crippen MR) is 77.9 cm³/mol. The summed E-state index contributed by atoms with van der Waals surface area (Å²) >= 11 is 5.90. The summed E-state index contributed by atoms with van der Waals surface area (Å²) < 4.78 is 0. The molecule has 0 spiro atoms. The van der Waals surface area contributed by atoms with E-state index < -0.39 is 0 Å². The molecule has 98 valence electrons. The highest BCUT2D eigenvalue weighted by atomic mass is 35.5. The van der Waals surface area contributed by atoms with Gasteiger partial charge in [-0.1, -0.05) is 18.5 Å². The molecule has 1 fully saturated rings. The zero-order valence-corrected chi connectivity index (χ0v) is 11.6. The monoisotopic (exact) mass is 265 g/mol. The van der Waals surface area contributed by atoms with Crippen molar-refractivity contribution in [3.63, 3.8) is 0 Å². The van der Waals surface area contributed by atoms with Crippen LogP contribution in [0.25, 0.3) is 0 Å². The van der Waals surface area contributed by atoms with Crippen LogP contribution in [0.4, 0.5) is 5.69 Å². The quantitative estimate of drug-likeness (QED) is 0.672. The first kappa shape index (κ1) is 13.2. The van der Waals surface area contributed by atoms with Crippen LogP contribution >= 0.6 is 11.6 Å². The minimum absolute atomic E-state index is 0.780. The second-order valence-corrected chi connectivity index (χ2v) is 5.08. The van der Waals surface area contributed by atoms with E-state index in [9.17, 15) is 0 Å². The molecule has 0 saturated carbocycles. The van der Waals surface area contributed by atoms with Gasteiger partial charge in [0.15, 0.2) is 0 Å². The van der Waals surface area contributed by atoms with Crippen molar-refractivity contribution in [3.8, 4) is 0 Å². The van der Waals surface area contributed by atoms with Crippen LogP contribution in [-0.4, -0.2) is 36.9 Å². The fourth-order valence-corrected chi connectivity index (χ4v) is 2.41. The summed E-state index contributed by atoms with van der Waals surface area (Å²) in [4.78, 5) is 4.54. The van der Waals surface area contributed by atoms with E-state index in [4.69, 9.17) is 17.0 Å². The van der Waals surface area contributed by atoms with Crippen molar-refractivity contribution >= 4 is 23.1 Å². The van der Waals surface area contributed by atoms with Crippen LogP contribution in [0.2, 0.25) is 5.02 Å². The van der Waals surface area contributed by atoms with Crippen LogP contribution in [0.1, 0.15) is 19.8 Å². The first-order valence-corrected chi connectivity index (χ1v) is 6.91. The highest BCUT2D eigenvalue weighted by Crippen LogP contribution is 2.19. The molecule has 0 amide bonds. The Morgan fingerprint density at radius 3 is 2.33 bits per heavy atom. The molecule has 0 atom stereocenters. The van der Waals surface area contributed by atoms with E-state index in [1.165, 1.54) is 5.69 Å². The number of nitrogens with zero attached hydrogens (tertiary/aromatic N) is 2. The molecule has 1 aliphatic heterocycles. The topological polar surface area (TPSA) is 30.3 Å². The molecule has 1 aromatic rings. The molecular weight excluding hydrogens is 246 g/mol. The predicted octanol–water partition coefficient (Wildman–Crippen LogP) is 3.24. The molecule has 1 heterocycles. The maximum Gasteiger partial charge on any atom is 0.0958 e. The molecule has 18 heavy (non-hydrogen) atoms. The first-order valence-electron chi connectivity index (χ1n) is 6.53. The number of hydrogen-bond acceptors (Lipinski definition) is 2. The maximum absolute atomic E-state index is 7.97. The van der Waals surface area contributed by atoms with Crippen molar-refractivity contribution in [2.45, 2.75) is 19.8 Å². The van der Waals surface area contributed by atoms with Gasteiger partial charge in [-0.05, 0) is 30.7 Å². The number of anilines is 1. The highest BCUT2D eigenvalue weighted by Gasteiger charge is 2.18. The van der Waals surface area contributed by atoms with Crippen LogP contribution in [0.15, 0.2) is 24.3 Å². The number of amidine groups is 1. The molecule has 0 aromatic heterocycles. The standard InChI is InChI=1S/C14H20ClN3/c1-2-3-14(16)18-10-8-17(9-11-18)13-6-4-12(15)5-7-13/h4-7,16H,2-3,8-11H2,1H3. The van der Waals surface area contributed by atoms with E-state index in [-0.39, 0.29) is 0 Å². The Labute approximate surface area is 114 Å². The van der Waals surface area contributed by atoms with E-state index in [1.54, 1.807) is 0 Å². The normalized spacial score (nSPS) is 15.9. The molecule has 1 N–H and O–H groups in total. The number of nitrogens with one attached hydrogen (secondary N) is 1. The van der Waals surface area contributed by atoms with Crippen LogP contribution in [-0.2, 0) is 0 Å². The molecule has 1 aliphatic rings. The number of piperazine rings is 1. The van der Waals surface area contributed by atoms with Gasteiger partial charge in [0.2, 0.25) is 0 Å². The van der Waals surface area contributed by atoms with Gasteiger partial charge in [-0.15, -0.1) is 0 Å². The Balaban J connectivity index is 1.90. The molecule has 0 bridgehead atoms. The number of hydrogen-bond donors (Lipinski definition) is 1. The summed E-state index contributed by atoms with van der Waals surface area (Å²) in [7, 11) is 0. The number of rotatable bonds is 3. The lowest BCUT2D eigenvalue weighted by molar-refractivity contribution is 0.376. The fourth-order valence-electron chi connectivity index (χ4n) is 2.28. The van der Waals surface area contributed by atoms with Crippen molar-refractivity contribution in [2.24, 2.45) is 0 Å². The molecule has 0 unspecified atom stereocenters. The lowest BCUT2D eigenvalue weighted by Gasteiger charge is -2.37. The van der Waals surface area contributed by atoms with Gasteiger partial charge in [0.05, 0.1) is 5.84 Å². The lowest BCUT2D eigenvalue weighted by atomic mass is 10.2. The van der Waals surface area contributed by atoms with Crippen molar-refractivity contribution in [1.82, 2.24) is 4.90 Å². The largest absolute Gasteiger partial charge is 0.368 e. The van der Waals surface area contributed by atoms with Crippen molar-refractivity contribution < 1.29 is 0 Å². The number of halogens is 1. The van der Waals surface area contributed by atoms with E-state index in [0.717, 1.165) is 49.9 Å².